The van der Waals surface area contributed by atoms with Gasteiger partial charge in [-0.25, -0.2) is 4.98 Å². The van der Waals surface area contributed by atoms with Gasteiger partial charge < -0.3 is 14.9 Å². The lowest BCUT2D eigenvalue weighted by atomic mass is 10.7. The standard InChI is InChI=1S/C10H19N3O3Si/c1-9-11-7-10(13(14)15)12(9)8-16-5-6-17(2,3)4/h7H,5-6,8H2,1-4H3. The van der Waals surface area contributed by atoms with Crippen LogP contribution in [0.4, 0.5) is 5.82 Å². The molecule has 1 heterocycles. The van der Waals surface area contributed by atoms with Gasteiger partial charge in [0.2, 0.25) is 0 Å². The number of hydrogen-bond donors (Lipinski definition) is 0. The molecule has 1 aromatic rings. The van der Waals surface area contributed by atoms with Gasteiger partial charge >= 0.3 is 5.82 Å². The summed E-state index contributed by atoms with van der Waals surface area (Å²) in [5.41, 5.74) is 0. The van der Waals surface area contributed by atoms with E-state index >= 15 is 0 Å². The van der Waals surface area contributed by atoms with E-state index in [-0.39, 0.29) is 12.5 Å². The lowest BCUT2D eigenvalue weighted by molar-refractivity contribution is -0.393. The molecule has 17 heavy (non-hydrogen) atoms. The summed E-state index contributed by atoms with van der Waals surface area (Å²) < 4.78 is 6.96. The Hall–Kier alpha value is -1.21. The van der Waals surface area contributed by atoms with Crippen molar-refractivity contribution in [1.29, 1.82) is 0 Å². The molecule has 0 atom stereocenters. The predicted octanol–water partition coefficient (Wildman–Crippen LogP) is 2.41. The third-order valence-corrected chi connectivity index (χ3v) is 4.14. The number of aromatic nitrogens is 2. The Morgan fingerprint density at radius 3 is 2.71 bits per heavy atom. The molecule has 1 rings (SSSR count). The van der Waals surface area contributed by atoms with Crippen molar-refractivity contribution in [2.75, 3.05) is 6.61 Å². The fourth-order valence-electron chi connectivity index (χ4n) is 1.30. The van der Waals surface area contributed by atoms with Gasteiger partial charge in [-0.3, -0.25) is 0 Å². The third-order valence-electron chi connectivity index (χ3n) is 2.44. The molecule has 0 aliphatic heterocycles. The number of imidazole rings is 1. The van der Waals surface area contributed by atoms with E-state index in [1.54, 1.807) is 6.92 Å². The van der Waals surface area contributed by atoms with Crippen LogP contribution in [0.15, 0.2) is 6.20 Å². The Bertz CT molecular complexity index is 398. The van der Waals surface area contributed by atoms with Crippen molar-refractivity contribution in [3.8, 4) is 0 Å². The Balaban J connectivity index is 2.52. The monoisotopic (exact) mass is 257 g/mol. The molecule has 1 aromatic heterocycles. The molecule has 0 bridgehead atoms. The van der Waals surface area contributed by atoms with Crippen molar-refractivity contribution >= 4 is 13.9 Å². The number of aryl methyl sites for hydroxylation is 1. The first-order chi connectivity index (χ1) is 7.81. The van der Waals surface area contributed by atoms with Gasteiger partial charge in [-0.1, -0.05) is 19.6 Å². The first kappa shape index (κ1) is 13.9. The second kappa shape index (κ2) is 5.41. The van der Waals surface area contributed by atoms with Gasteiger partial charge in [-0.15, -0.1) is 0 Å². The maximum Gasteiger partial charge on any atom is 0.344 e. The zero-order valence-corrected chi connectivity index (χ0v) is 11.8. The first-order valence-corrected chi connectivity index (χ1v) is 9.26. The Morgan fingerprint density at radius 2 is 2.18 bits per heavy atom. The molecule has 0 saturated carbocycles. The number of hydrogen-bond acceptors (Lipinski definition) is 4. The molecular weight excluding hydrogens is 238 g/mol. The van der Waals surface area contributed by atoms with Crippen LogP contribution in [0.25, 0.3) is 0 Å². The Kier molecular flexibility index (Phi) is 4.41. The van der Waals surface area contributed by atoms with E-state index in [9.17, 15) is 10.1 Å². The van der Waals surface area contributed by atoms with E-state index in [4.69, 9.17) is 4.74 Å². The van der Waals surface area contributed by atoms with Crippen LogP contribution in [0.5, 0.6) is 0 Å². The highest BCUT2D eigenvalue weighted by atomic mass is 28.3. The highest BCUT2D eigenvalue weighted by Gasteiger charge is 2.18. The zero-order chi connectivity index (χ0) is 13.1. The second-order valence-electron chi connectivity index (χ2n) is 5.20. The minimum Gasteiger partial charge on any atom is -0.358 e. The van der Waals surface area contributed by atoms with E-state index < -0.39 is 13.0 Å². The average molecular weight is 257 g/mol. The van der Waals surface area contributed by atoms with Crippen molar-refractivity contribution in [3.05, 3.63) is 22.1 Å². The number of rotatable bonds is 6. The fourth-order valence-corrected chi connectivity index (χ4v) is 2.05. The van der Waals surface area contributed by atoms with Crippen LogP contribution in [0.1, 0.15) is 5.82 Å². The maximum atomic E-state index is 10.7. The normalized spacial score (nSPS) is 11.8. The molecule has 96 valence electrons. The summed E-state index contributed by atoms with van der Waals surface area (Å²) in [6.45, 7) is 9.37. The van der Waals surface area contributed by atoms with Crippen molar-refractivity contribution in [2.24, 2.45) is 0 Å². The summed E-state index contributed by atoms with van der Waals surface area (Å²) in [5.74, 6) is 0.584. The van der Waals surface area contributed by atoms with E-state index in [1.807, 2.05) is 0 Å². The molecule has 0 aromatic carbocycles. The summed E-state index contributed by atoms with van der Waals surface area (Å²) in [6.07, 6.45) is 1.26. The van der Waals surface area contributed by atoms with E-state index in [1.165, 1.54) is 10.8 Å². The van der Waals surface area contributed by atoms with Crippen LogP contribution in [-0.2, 0) is 11.5 Å². The second-order valence-corrected chi connectivity index (χ2v) is 10.8. The molecule has 0 N–H and O–H groups in total. The molecular formula is C10H19N3O3Si. The summed E-state index contributed by atoms with van der Waals surface area (Å²) in [4.78, 5) is 14.2. The number of nitro groups is 1. The summed E-state index contributed by atoms with van der Waals surface area (Å²) in [6, 6.07) is 1.05. The van der Waals surface area contributed by atoms with Crippen molar-refractivity contribution in [2.45, 2.75) is 39.3 Å². The number of ether oxygens (including phenoxy) is 1. The van der Waals surface area contributed by atoms with Gasteiger partial charge in [0.25, 0.3) is 0 Å². The number of nitrogens with zero attached hydrogens (tertiary/aromatic N) is 3. The average Bonchev–Trinajstić information content (AvgIpc) is 2.53. The Labute approximate surface area is 102 Å². The van der Waals surface area contributed by atoms with E-state index in [0.29, 0.717) is 12.4 Å². The largest absolute Gasteiger partial charge is 0.358 e. The van der Waals surface area contributed by atoms with Crippen LogP contribution in [0.3, 0.4) is 0 Å². The highest BCUT2D eigenvalue weighted by Crippen LogP contribution is 2.14. The van der Waals surface area contributed by atoms with Crippen molar-refractivity contribution in [1.82, 2.24) is 9.55 Å². The topological polar surface area (TPSA) is 70.2 Å². The molecule has 0 fully saturated rings. The zero-order valence-electron chi connectivity index (χ0n) is 10.8. The summed E-state index contributed by atoms with van der Waals surface area (Å²) >= 11 is 0. The van der Waals surface area contributed by atoms with Crippen LogP contribution in [0.2, 0.25) is 25.7 Å². The minimum atomic E-state index is -1.11. The van der Waals surface area contributed by atoms with E-state index in [0.717, 1.165) is 6.04 Å². The SMILES string of the molecule is Cc1ncc([N+](=O)[O-])n1COCC[Si](C)(C)C. The van der Waals surface area contributed by atoms with Gasteiger partial charge in [0, 0.05) is 21.6 Å². The maximum absolute atomic E-state index is 10.7. The smallest absolute Gasteiger partial charge is 0.344 e. The van der Waals surface area contributed by atoms with Crippen LogP contribution >= 0.6 is 0 Å². The summed E-state index contributed by atoms with van der Waals surface area (Å²) in [5, 5.41) is 10.7. The predicted molar refractivity (Wildman–Crippen MR) is 67.7 cm³/mol. The molecule has 0 spiro atoms. The van der Waals surface area contributed by atoms with E-state index in [2.05, 4.69) is 24.6 Å². The molecule has 0 radical (unpaired) electrons. The highest BCUT2D eigenvalue weighted by molar-refractivity contribution is 6.76. The van der Waals surface area contributed by atoms with Gasteiger partial charge in [0.15, 0.2) is 12.6 Å². The molecule has 0 unspecified atom stereocenters. The third kappa shape index (κ3) is 4.27. The van der Waals surface area contributed by atoms with Gasteiger partial charge in [0.05, 0.1) is 0 Å². The van der Waals surface area contributed by atoms with Crippen LogP contribution in [0, 0.1) is 17.0 Å². The van der Waals surface area contributed by atoms with Gasteiger partial charge in [0.1, 0.15) is 6.20 Å². The first-order valence-electron chi connectivity index (χ1n) is 5.55. The van der Waals surface area contributed by atoms with Gasteiger partial charge in [-0.05, 0) is 11.0 Å². The fraction of sp³-hybridized carbons (Fsp3) is 0.700. The van der Waals surface area contributed by atoms with Gasteiger partial charge in [-0.2, -0.15) is 4.57 Å². The lowest BCUT2D eigenvalue weighted by Gasteiger charge is -2.14. The lowest BCUT2D eigenvalue weighted by Crippen LogP contribution is -2.22. The molecule has 7 heteroatoms. The van der Waals surface area contributed by atoms with Crippen molar-refractivity contribution in [3.63, 3.8) is 0 Å². The summed E-state index contributed by atoms with van der Waals surface area (Å²) in [7, 11) is -1.11. The molecule has 6 nitrogen and oxygen atoms in total. The van der Waals surface area contributed by atoms with Crippen LogP contribution in [-0.4, -0.2) is 29.2 Å². The minimum absolute atomic E-state index is 0.0181. The quantitative estimate of drug-likeness (QED) is 0.339. The molecule has 0 aliphatic carbocycles. The van der Waals surface area contributed by atoms with Crippen molar-refractivity contribution < 1.29 is 9.66 Å². The van der Waals surface area contributed by atoms with Crippen LogP contribution < -0.4 is 0 Å². The molecule has 0 amide bonds. The Morgan fingerprint density at radius 1 is 1.53 bits per heavy atom. The molecule has 0 saturated heterocycles. The molecule has 0 aliphatic rings.